The van der Waals surface area contributed by atoms with Crippen LogP contribution < -0.4 is 0 Å². The number of Topliss-reactive ketones (excluding diaryl/α,β-unsaturated/α-hetero) is 1. The molecule has 0 saturated carbocycles. The number of hydrogen-bond donors (Lipinski definition) is 0. The fraction of sp³-hybridized carbons (Fsp3) is 0.261. The van der Waals surface area contributed by atoms with E-state index in [1.54, 1.807) is 22.7 Å². The monoisotopic (exact) mass is 416 g/mol. The molecule has 0 spiro atoms. The van der Waals surface area contributed by atoms with Crippen molar-refractivity contribution in [2.24, 2.45) is 0 Å². The van der Waals surface area contributed by atoms with Gasteiger partial charge in [0.2, 0.25) is 5.78 Å². The lowest BCUT2D eigenvalue weighted by Crippen LogP contribution is -2.28. The van der Waals surface area contributed by atoms with Gasteiger partial charge in [0.25, 0.3) is 5.91 Å². The largest absolute Gasteiger partial charge is 0.342 e. The van der Waals surface area contributed by atoms with Crippen LogP contribution in [0.2, 0.25) is 0 Å². The van der Waals surface area contributed by atoms with Crippen LogP contribution in [0, 0.1) is 0 Å². The summed E-state index contributed by atoms with van der Waals surface area (Å²) >= 11 is 0. The molecule has 0 atom stereocenters. The van der Waals surface area contributed by atoms with Gasteiger partial charge in [0.1, 0.15) is 5.69 Å². The maximum Gasteiger partial charge on any atom is 0.257 e. The van der Waals surface area contributed by atoms with Gasteiger partial charge in [-0.15, -0.1) is 0 Å². The van der Waals surface area contributed by atoms with E-state index in [0.717, 1.165) is 11.3 Å². The van der Waals surface area contributed by atoms with Gasteiger partial charge in [0.05, 0.1) is 29.6 Å². The van der Waals surface area contributed by atoms with Crippen LogP contribution in [-0.2, 0) is 13.0 Å². The van der Waals surface area contributed by atoms with E-state index in [4.69, 9.17) is 0 Å². The summed E-state index contributed by atoms with van der Waals surface area (Å²) in [6, 6.07) is 11.7. The first-order valence-electron chi connectivity index (χ1n) is 10.3. The third-order valence-corrected chi connectivity index (χ3v) is 5.25. The number of benzene rings is 1. The average molecular weight is 416 g/mol. The lowest BCUT2D eigenvalue weighted by atomic mass is 10.1. The third-order valence-electron chi connectivity index (χ3n) is 5.25. The summed E-state index contributed by atoms with van der Waals surface area (Å²) in [6.07, 6.45) is 5.29. The van der Waals surface area contributed by atoms with Gasteiger partial charge < -0.3 is 4.90 Å². The molecule has 0 fully saturated rings. The summed E-state index contributed by atoms with van der Waals surface area (Å²) in [6.45, 7) is 4.82. The molecule has 3 heterocycles. The summed E-state index contributed by atoms with van der Waals surface area (Å²) in [5, 5.41) is 4.23. The number of nitrogens with zero attached hydrogens (tertiary/aromatic N) is 6. The molecule has 1 amide bonds. The van der Waals surface area contributed by atoms with Gasteiger partial charge in [-0.25, -0.2) is 9.97 Å². The molecule has 0 N–H and O–H groups in total. The van der Waals surface area contributed by atoms with Gasteiger partial charge >= 0.3 is 0 Å². The minimum Gasteiger partial charge on any atom is -0.342 e. The summed E-state index contributed by atoms with van der Waals surface area (Å²) in [4.78, 5) is 36.6. The molecule has 1 aromatic carbocycles. The van der Waals surface area contributed by atoms with Crippen molar-refractivity contribution in [1.29, 1.82) is 0 Å². The standard InChI is InChI=1S/C23H24N6O2/c1-4-27(3)22(31)18-14-24-29(5-2)21(18)20(30)13-17-11-12-28-15-19(26-23(28)25-17)16-9-7-6-8-10-16/h6-12,14-15H,4-5,13H2,1-3H3. The van der Waals surface area contributed by atoms with Crippen LogP contribution in [0.5, 0.6) is 0 Å². The first-order chi connectivity index (χ1) is 15.0. The minimum absolute atomic E-state index is 0.0614. The molecule has 0 aliphatic heterocycles. The highest BCUT2D eigenvalue weighted by molar-refractivity contribution is 6.07. The van der Waals surface area contributed by atoms with Crippen LogP contribution in [0.4, 0.5) is 0 Å². The van der Waals surface area contributed by atoms with Gasteiger partial charge in [0, 0.05) is 38.1 Å². The molecule has 0 radical (unpaired) electrons. The smallest absolute Gasteiger partial charge is 0.257 e. The van der Waals surface area contributed by atoms with Crippen molar-refractivity contribution in [2.45, 2.75) is 26.8 Å². The normalized spacial score (nSPS) is 11.1. The lowest BCUT2D eigenvalue weighted by molar-refractivity contribution is 0.0795. The highest BCUT2D eigenvalue weighted by Gasteiger charge is 2.25. The number of carbonyl (C=O) groups is 2. The maximum atomic E-state index is 13.2. The Morgan fingerprint density at radius 2 is 1.84 bits per heavy atom. The molecule has 8 nitrogen and oxygen atoms in total. The van der Waals surface area contributed by atoms with Crippen LogP contribution >= 0.6 is 0 Å². The minimum atomic E-state index is -0.213. The number of imidazole rings is 1. The molecule has 0 bridgehead atoms. The van der Waals surface area contributed by atoms with Crippen LogP contribution in [0.25, 0.3) is 17.0 Å². The molecule has 0 aliphatic carbocycles. The Morgan fingerprint density at radius 1 is 1.06 bits per heavy atom. The Labute approximate surface area is 180 Å². The zero-order valence-electron chi connectivity index (χ0n) is 17.8. The zero-order valence-corrected chi connectivity index (χ0v) is 17.8. The fourth-order valence-corrected chi connectivity index (χ4v) is 3.43. The average Bonchev–Trinajstić information content (AvgIpc) is 3.42. The second kappa shape index (κ2) is 8.51. The molecule has 158 valence electrons. The van der Waals surface area contributed by atoms with Crippen molar-refractivity contribution in [1.82, 2.24) is 29.0 Å². The van der Waals surface area contributed by atoms with E-state index in [1.165, 1.54) is 6.20 Å². The van der Waals surface area contributed by atoms with E-state index in [1.807, 2.05) is 61.0 Å². The first-order valence-corrected chi connectivity index (χ1v) is 10.3. The van der Waals surface area contributed by atoms with Crippen LogP contribution in [-0.4, -0.2) is 54.3 Å². The fourth-order valence-electron chi connectivity index (χ4n) is 3.43. The number of ketones is 1. The van der Waals surface area contributed by atoms with Gasteiger partial charge in [-0.1, -0.05) is 30.3 Å². The number of amides is 1. The number of rotatable bonds is 7. The molecule has 0 unspecified atom stereocenters. The van der Waals surface area contributed by atoms with Crippen molar-refractivity contribution in [2.75, 3.05) is 13.6 Å². The Hall–Kier alpha value is -3.81. The van der Waals surface area contributed by atoms with Crippen LogP contribution in [0.3, 0.4) is 0 Å². The highest BCUT2D eigenvalue weighted by atomic mass is 16.2. The second-order valence-electron chi connectivity index (χ2n) is 7.26. The Kier molecular flexibility index (Phi) is 5.62. The van der Waals surface area contributed by atoms with E-state index in [9.17, 15) is 9.59 Å². The molecule has 0 saturated heterocycles. The van der Waals surface area contributed by atoms with Gasteiger partial charge in [-0.05, 0) is 19.9 Å². The summed E-state index contributed by atoms with van der Waals surface area (Å²) in [7, 11) is 1.71. The maximum absolute atomic E-state index is 13.2. The van der Waals surface area contributed by atoms with Gasteiger partial charge in [-0.3, -0.25) is 18.7 Å². The molecular formula is C23H24N6O2. The van der Waals surface area contributed by atoms with E-state index in [2.05, 4.69) is 15.1 Å². The first kappa shape index (κ1) is 20.5. The predicted molar refractivity (Wildman–Crippen MR) is 117 cm³/mol. The number of carbonyl (C=O) groups excluding carboxylic acids is 2. The van der Waals surface area contributed by atoms with Crippen LogP contribution in [0.15, 0.2) is 55.0 Å². The van der Waals surface area contributed by atoms with E-state index in [-0.39, 0.29) is 18.1 Å². The summed E-state index contributed by atoms with van der Waals surface area (Å²) < 4.78 is 3.40. The number of aryl methyl sites for hydroxylation is 1. The van der Waals surface area contributed by atoms with E-state index in [0.29, 0.717) is 35.8 Å². The third kappa shape index (κ3) is 3.96. The number of hydrogen-bond acceptors (Lipinski definition) is 5. The number of aromatic nitrogens is 5. The van der Waals surface area contributed by atoms with E-state index < -0.39 is 0 Å². The van der Waals surface area contributed by atoms with Crippen molar-refractivity contribution >= 4 is 17.5 Å². The Balaban J connectivity index is 1.63. The van der Waals surface area contributed by atoms with Gasteiger partial charge in [0.15, 0.2) is 5.78 Å². The molecule has 0 aliphatic rings. The van der Waals surface area contributed by atoms with Gasteiger partial charge in [-0.2, -0.15) is 5.10 Å². The van der Waals surface area contributed by atoms with Crippen LogP contribution in [0.1, 0.15) is 40.4 Å². The van der Waals surface area contributed by atoms with Crippen molar-refractivity contribution in [3.05, 3.63) is 71.9 Å². The number of fused-ring (bicyclic) bond motifs is 1. The summed E-state index contributed by atoms with van der Waals surface area (Å²) in [5.41, 5.74) is 3.05. The molecule has 31 heavy (non-hydrogen) atoms. The second-order valence-corrected chi connectivity index (χ2v) is 7.26. The topological polar surface area (TPSA) is 85.4 Å². The van der Waals surface area contributed by atoms with Crippen molar-refractivity contribution in [3.8, 4) is 11.3 Å². The van der Waals surface area contributed by atoms with Crippen molar-refractivity contribution in [3.63, 3.8) is 0 Å². The Morgan fingerprint density at radius 3 is 2.55 bits per heavy atom. The Bertz CT molecular complexity index is 1240. The molecular weight excluding hydrogens is 392 g/mol. The summed E-state index contributed by atoms with van der Waals surface area (Å²) in [5.74, 6) is 0.115. The molecule has 4 aromatic rings. The van der Waals surface area contributed by atoms with E-state index >= 15 is 0 Å². The predicted octanol–water partition coefficient (Wildman–Crippen LogP) is 3.13. The lowest BCUT2D eigenvalue weighted by Gasteiger charge is -2.14. The SMILES string of the molecule is CCN(C)C(=O)c1cnn(CC)c1C(=O)Cc1ccn2cc(-c3ccccc3)nc2n1. The molecule has 8 heteroatoms. The molecule has 4 rings (SSSR count). The van der Waals surface area contributed by atoms with Crippen molar-refractivity contribution < 1.29 is 9.59 Å². The quantitative estimate of drug-likeness (QED) is 0.432. The zero-order chi connectivity index (χ0) is 22.0. The highest BCUT2D eigenvalue weighted by Crippen LogP contribution is 2.19. The molecule has 3 aromatic heterocycles.